The monoisotopic (exact) mass is 445 g/mol. The zero-order valence-electron chi connectivity index (χ0n) is 18.8. The summed E-state index contributed by atoms with van der Waals surface area (Å²) >= 11 is 0. The summed E-state index contributed by atoms with van der Waals surface area (Å²) in [6.45, 7) is 5.23. The van der Waals surface area contributed by atoms with E-state index in [1.165, 1.54) is 11.9 Å². The van der Waals surface area contributed by atoms with Gasteiger partial charge >= 0.3 is 0 Å². The van der Waals surface area contributed by atoms with Crippen molar-refractivity contribution in [2.75, 3.05) is 30.7 Å². The molecule has 0 spiro atoms. The molecule has 0 saturated heterocycles. The van der Waals surface area contributed by atoms with Crippen molar-refractivity contribution in [3.8, 4) is 0 Å². The Hall–Kier alpha value is -2.87. The Balaban J connectivity index is 2.34. The zero-order chi connectivity index (χ0) is 23.2. The average molecular weight is 446 g/mol. The van der Waals surface area contributed by atoms with Crippen LogP contribution in [0.5, 0.6) is 0 Å². The fraction of sp³-hybridized carbons (Fsp3) is 0.391. The van der Waals surface area contributed by atoms with Crippen molar-refractivity contribution in [3.63, 3.8) is 0 Å². The van der Waals surface area contributed by atoms with E-state index >= 15 is 0 Å². The Morgan fingerprint density at radius 3 is 2.29 bits per heavy atom. The number of sulfonamides is 1. The highest BCUT2D eigenvalue weighted by Gasteiger charge is 2.29. The quantitative estimate of drug-likeness (QED) is 0.642. The van der Waals surface area contributed by atoms with Gasteiger partial charge in [0.2, 0.25) is 21.8 Å². The van der Waals surface area contributed by atoms with Gasteiger partial charge in [-0.15, -0.1) is 0 Å². The summed E-state index contributed by atoms with van der Waals surface area (Å²) in [4.78, 5) is 27.0. The van der Waals surface area contributed by atoms with Crippen LogP contribution in [0.4, 0.5) is 5.69 Å². The fourth-order valence-electron chi connectivity index (χ4n) is 3.36. The lowest BCUT2D eigenvalue weighted by molar-refractivity contribution is -0.138. The van der Waals surface area contributed by atoms with E-state index in [2.05, 4.69) is 5.32 Å². The number of anilines is 1. The largest absolute Gasteiger partial charge is 0.357 e. The molecule has 1 N–H and O–H groups in total. The van der Waals surface area contributed by atoms with E-state index in [0.717, 1.165) is 27.3 Å². The first kappa shape index (κ1) is 24.4. The van der Waals surface area contributed by atoms with E-state index in [4.69, 9.17) is 0 Å². The third kappa shape index (κ3) is 6.55. The summed E-state index contributed by atoms with van der Waals surface area (Å²) in [5.41, 5.74) is 3.13. The third-order valence-electron chi connectivity index (χ3n) is 5.21. The molecule has 7 nitrogen and oxygen atoms in total. The summed E-state index contributed by atoms with van der Waals surface area (Å²) in [5, 5.41) is 2.57. The van der Waals surface area contributed by atoms with Crippen LogP contribution in [0.1, 0.15) is 23.6 Å². The van der Waals surface area contributed by atoms with Gasteiger partial charge < -0.3 is 10.2 Å². The minimum atomic E-state index is -3.72. The van der Waals surface area contributed by atoms with Crippen LogP contribution in [-0.4, -0.2) is 57.6 Å². The van der Waals surface area contributed by atoms with Crippen molar-refractivity contribution < 1.29 is 18.0 Å². The highest BCUT2D eigenvalue weighted by Crippen LogP contribution is 2.24. The molecule has 0 saturated carbocycles. The standard InChI is InChI=1S/C23H31N3O4S/c1-17-11-12-18(2)21(15-17)26(31(5,29)30)16-22(27)25(19(3)23(28)24-4)14-13-20-9-7-6-8-10-20/h6-12,15,19H,13-14,16H2,1-5H3,(H,24,28)/t19-/m0/s1. The SMILES string of the molecule is CNC(=O)[C@H](C)N(CCc1ccccc1)C(=O)CN(c1cc(C)ccc1C)S(C)(=O)=O. The van der Waals surface area contributed by atoms with Gasteiger partial charge in [0.25, 0.3) is 0 Å². The van der Waals surface area contributed by atoms with Crippen LogP contribution in [0.3, 0.4) is 0 Å². The average Bonchev–Trinajstić information content (AvgIpc) is 2.73. The molecule has 0 aliphatic carbocycles. The summed E-state index contributed by atoms with van der Waals surface area (Å²) in [5.74, 6) is -0.739. The van der Waals surface area contributed by atoms with Gasteiger partial charge in [-0.25, -0.2) is 8.42 Å². The number of carbonyl (C=O) groups excluding carboxylic acids is 2. The first-order valence-electron chi connectivity index (χ1n) is 10.1. The smallest absolute Gasteiger partial charge is 0.244 e. The molecule has 1 atom stereocenters. The number of carbonyl (C=O) groups is 2. The van der Waals surface area contributed by atoms with E-state index in [9.17, 15) is 18.0 Å². The molecule has 0 bridgehead atoms. The number of aryl methyl sites for hydroxylation is 2. The van der Waals surface area contributed by atoms with Crippen LogP contribution >= 0.6 is 0 Å². The molecule has 0 aliphatic heterocycles. The van der Waals surface area contributed by atoms with Gasteiger partial charge in [0, 0.05) is 13.6 Å². The highest BCUT2D eigenvalue weighted by atomic mass is 32.2. The van der Waals surface area contributed by atoms with Crippen molar-refractivity contribution in [2.45, 2.75) is 33.2 Å². The van der Waals surface area contributed by atoms with Crippen LogP contribution in [0, 0.1) is 13.8 Å². The molecule has 0 aromatic heterocycles. The maximum Gasteiger partial charge on any atom is 0.244 e. The second-order valence-corrected chi connectivity index (χ2v) is 9.58. The molecule has 168 valence electrons. The molecule has 31 heavy (non-hydrogen) atoms. The minimum absolute atomic E-state index is 0.293. The maximum absolute atomic E-state index is 13.3. The number of benzene rings is 2. The predicted octanol–water partition coefficient (Wildman–Crippen LogP) is 2.28. The predicted molar refractivity (Wildman–Crippen MR) is 123 cm³/mol. The second-order valence-electron chi connectivity index (χ2n) is 7.67. The molecule has 2 aromatic carbocycles. The van der Waals surface area contributed by atoms with Crippen molar-refractivity contribution in [1.82, 2.24) is 10.2 Å². The Morgan fingerprint density at radius 1 is 1.06 bits per heavy atom. The zero-order valence-corrected chi connectivity index (χ0v) is 19.6. The summed E-state index contributed by atoms with van der Waals surface area (Å²) in [7, 11) is -2.21. The van der Waals surface area contributed by atoms with Crippen molar-refractivity contribution in [1.29, 1.82) is 0 Å². The van der Waals surface area contributed by atoms with Crippen LogP contribution in [0.2, 0.25) is 0 Å². The van der Waals surface area contributed by atoms with Crippen molar-refractivity contribution >= 4 is 27.5 Å². The Kier molecular flexibility index (Phi) is 8.21. The molecule has 0 aliphatic rings. The minimum Gasteiger partial charge on any atom is -0.357 e. The fourth-order valence-corrected chi connectivity index (χ4v) is 4.26. The third-order valence-corrected chi connectivity index (χ3v) is 6.34. The number of nitrogens with zero attached hydrogens (tertiary/aromatic N) is 2. The lowest BCUT2D eigenvalue weighted by Crippen LogP contribution is -2.51. The number of nitrogens with one attached hydrogen (secondary N) is 1. The van der Waals surface area contributed by atoms with Gasteiger partial charge in [-0.1, -0.05) is 42.5 Å². The second kappa shape index (κ2) is 10.4. The number of rotatable bonds is 9. The van der Waals surface area contributed by atoms with Gasteiger partial charge in [0.1, 0.15) is 12.6 Å². The van der Waals surface area contributed by atoms with Gasteiger partial charge in [-0.3, -0.25) is 13.9 Å². The number of hydrogen-bond acceptors (Lipinski definition) is 4. The van der Waals surface area contributed by atoms with E-state index < -0.39 is 22.0 Å². The lowest BCUT2D eigenvalue weighted by Gasteiger charge is -2.31. The van der Waals surface area contributed by atoms with Gasteiger partial charge in [-0.05, 0) is 49.9 Å². The topological polar surface area (TPSA) is 86.8 Å². The number of amides is 2. The van der Waals surface area contributed by atoms with Crippen LogP contribution in [0.15, 0.2) is 48.5 Å². The highest BCUT2D eigenvalue weighted by molar-refractivity contribution is 7.92. The van der Waals surface area contributed by atoms with Crippen molar-refractivity contribution in [2.24, 2.45) is 0 Å². The lowest BCUT2D eigenvalue weighted by atomic mass is 10.1. The van der Waals surface area contributed by atoms with Gasteiger partial charge in [-0.2, -0.15) is 0 Å². The summed E-state index contributed by atoms with van der Waals surface area (Å²) in [6, 6.07) is 14.4. The summed E-state index contributed by atoms with van der Waals surface area (Å²) in [6.07, 6.45) is 1.63. The molecule has 0 unspecified atom stereocenters. The van der Waals surface area contributed by atoms with Crippen LogP contribution < -0.4 is 9.62 Å². The van der Waals surface area contributed by atoms with E-state index in [1.807, 2.05) is 49.4 Å². The van der Waals surface area contributed by atoms with E-state index in [0.29, 0.717) is 18.7 Å². The molecule has 2 rings (SSSR count). The van der Waals surface area contributed by atoms with Crippen LogP contribution in [0.25, 0.3) is 0 Å². The van der Waals surface area contributed by atoms with Gasteiger partial charge in [0.15, 0.2) is 0 Å². The number of hydrogen-bond donors (Lipinski definition) is 1. The normalized spacial score (nSPS) is 12.2. The molecular formula is C23H31N3O4S. The Bertz CT molecular complexity index is 1020. The van der Waals surface area contributed by atoms with Crippen molar-refractivity contribution in [3.05, 3.63) is 65.2 Å². The van der Waals surface area contributed by atoms with Gasteiger partial charge in [0.05, 0.1) is 11.9 Å². The summed E-state index contributed by atoms with van der Waals surface area (Å²) < 4.78 is 26.3. The molecule has 0 heterocycles. The molecule has 8 heteroatoms. The molecule has 0 fully saturated rings. The first-order valence-corrected chi connectivity index (χ1v) is 12.0. The Labute approximate surface area is 185 Å². The maximum atomic E-state index is 13.3. The van der Waals surface area contributed by atoms with Crippen LogP contribution in [-0.2, 0) is 26.0 Å². The molecule has 0 radical (unpaired) electrons. The number of likely N-dealkylation sites (N-methyl/N-ethyl adjacent to an activating group) is 1. The van der Waals surface area contributed by atoms with E-state index in [-0.39, 0.29) is 12.5 Å². The molecular weight excluding hydrogens is 414 g/mol. The molecule has 2 amide bonds. The first-order chi connectivity index (χ1) is 14.5. The molecule has 2 aromatic rings. The van der Waals surface area contributed by atoms with E-state index in [1.54, 1.807) is 19.9 Å². The Morgan fingerprint density at radius 2 is 1.71 bits per heavy atom.